The van der Waals surface area contributed by atoms with E-state index in [1.807, 2.05) is 36.0 Å². The van der Waals surface area contributed by atoms with Crippen LogP contribution < -0.4 is 5.32 Å². The first-order valence-corrected chi connectivity index (χ1v) is 9.92. The van der Waals surface area contributed by atoms with Crippen molar-refractivity contribution in [2.24, 2.45) is 7.05 Å². The smallest absolute Gasteiger partial charge is 0.175 e. The van der Waals surface area contributed by atoms with E-state index < -0.39 is 9.84 Å². The third kappa shape index (κ3) is 2.88. The lowest BCUT2D eigenvalue weighted by Gasteiger charge is -2.08. The van der Waals surface area contributed by atoms with E-state index in [9.17, 15) is 8.42 Å². The monoisotopic (exact) mass is 367 g/mol. The molecule has 0 bridgehead atoms. The number of hydrogen-bond donors (Lipinski definition) is 1. The van der Waals surface area contributed by atoms with Gasteiger partial charge in [0.2, 0.25) is 0 Å². The van der Waals surface area contributed by atoms with E-state index in [0.717, 1.165) is 16.6 Å². The number of sulfone groups is 1. The molecule has 132 valence electrons. The minimum atomic E-state index is -3.30. The van der Waals surface area contributed by atoms with Crippen LogP contribution in [0.5, 0.6) is 0 Å². The lowest BCUT2D eigenvalue weighted by atomic mass is 10.2. The van der Waals surface area contributed by atoms with Crippen molar-refractivity contribution >= 4 is 37.5 Å². The molecule has 0 amide bonds. The van der Waals surface area contributed by atoms with E-state index in [-0.39, 0.29) is 4.90 Å². The first-order valence-electron chi connectivity index (χ1n) is 8.03. The Bertz CT molecular complexity index is 1230. The summed E-state index contributed by atoms with van der Waals surface area (Å²) >= 11 is 0. The van der Waals surface area contributed by atoms with E-state index >= 15 is 0 Å². The molecule has 2 aromatic heterocycles. The van der Waals surface area contributed by atoms with E-state index in [1.165, 1.54) is 12.6 Å². The standard InChI is InChI=1S/C18H17N5O2S/c1-23-17-6-4-3-5-13(17)16(22-23)10-19-18-14-9-12(26(2,24)25)7-8-15(14)20-11-21-18/h3-9,11H,10H2,1-2H3,(H,19,20,21). The fraction of sp³-hybridized carbons (Fsp3) is 0.167. The summed E-state index contributed by atoms with van der Waals surface area (Å²) in [5.74, 6) is 0.579. The second kappa shape index (κ2) is 6.06. The van der Waals surface area contributed by atoms with Crippen molar-refractivity contribution in [2.45, 2.75) is 11.4 Å². The van der Waals surface area contributed by atoms with Crippen molar-refractivity contribution in [1.82, 2.24) is 19.7 Å². The highest BCUT2D eigenvalue weighted by atomic mass is 32.2. The number of aryl methyl sites for hydroxylation is 1. The third-order valence-corrected chi connectivity index (χ3v) is 5.40. The lowest BCUT2D eigenvalue weighted by Crippen LogP contribution is -2.05. The van der Waals surface area contributed by atoms with Gasteiger partial charge in [-0.2, -0.15) is 5.10 Å². The number of nitrogens with zero attached hydrogens (tertiary/aromatic N) is 4. The van der Waals surface area contributed by atoms with E-state index in [2.05, 4.69) is 20.4 Å². The molecule has 0 spiro atoms. The average Bonchev–Trinajstić information content (AvgIpc) is 2.95. The zero-order valence-electron chi connectivity index (χ0n) is 14.3. The molecule has 1 N–H and O–H groups in total. The number of anilines is 1. The molecule has 0 aliphatic rings. The maximum Gasteiger partial charge on any atom is 0.175 e. The van der Waals surface area contributed by atoms with Crippen molar-refractivity contribution in [3.8, 4) is 0 Å². The van der Waals surface area contributed by atoms with Gasteiger partial charge in [0.1, 0.15) is 12.1 Å². The van der Waals surface area contributed by atoms with E-state index in [0.29, 0.717) is 23.3 Å². The van der Waals surface area contributed by atoms with Gasteiger partial charge >= 0.3 is 0 Å². The fourth-order valence-electron chi connectivity index (χ4n) is 2.99. The Hall–Kier alpha value is -3.00. The molecule has 2 aromatic carbocycles. The van der Waals surface area contributed by atoms with Gasteiger partial charge in [0.05, 0.1) is 28.2 Å². The Morgan fingerprint density at radius 2 is 1.88 bits per heavy atom. The molecule has 0 saturated carbocycles. The SMILES string of the molecule is Cn1nc(CNc2ncnc3ccc(S(C)(=O)=O)cc23)c2ccccc21. The normalized spacial score (nSPS) is 11.9. The molecule has 26 heavy (non-hydrogen) atoms. The molecule has 0 fully saturated rings. The minimum Gasteiger partial charge on any atom is -0.364 e. The summed E-state index contributed by atoms with van der Waals surface area (Å²) in [6, 6.07) is 12.8. The van der Waals surface area contributed by atoms with Crippen LogP contribution >= 0.6 is 0 Å². The van der Waals surface area contributed by atoms with Gasteiger partial charge in [-0.05, 0) is 24.3 Å². The number of rotatable bonds is 4. The maximum absolute atomic E-state index is 11.8. The van der Waals surface area contributed by atoms with Crippen molar-refractivity contribution in [3.63, 3.8) is 0 Å². The average molecular weight is 367 g/mol. The number of fused-ring (bicyclic) bond motifs is 2. The van der Waals surface area contributed by atoms with Crippen LogP contribution in [0.25, 0.3) is 21.8 Å². The zero-order chi connectivity index (χ0) is 18.3. The zero-order valence-corrected chi connectivity index (χ0v) is 15.2. The second-order valence-electron chi connectivity index (χ2n) is 6.11. The Morgan fingerprint density at radius 3 is 2.69 bits per heavy atom. The van der Waals surface area contributed by atoms with Crippen molar-refractivity contribution in [2.75, 3.05) is 11.6 Å². The Balaban J connectivity index is 1.73. The predicted molar refractivity (Wildman–Crippen MR) is 101 cm³/mol. The minimum absolute atomic E-state index is 0.242. The summed E-state index contributed by atoms with van der Waals surface area (Å²) in [6.45, 7) is 0.469. The summed E-state index contributed by atoms with van der Waals surface area (Å²) < 4.78 is 25.5. The van der Waals surface area contributed by atoms with Crippen LogP contribution in [-0.4, -0.2) is 34.4 Å². The highest BCUT2D eigenvalue weighted by molar-refractivity contribution is 7.90. The summed E-state index contributed by atoms with van der Waals surface area (Å²) in [7, 11) is -1.40. The fourth-order valence-corrected chi connectivity index (χ4v) is 3.64. The number of para-hydroxylation sites is 1. The van der Waals surface area contributed by atoms with Gasteiger partial charge in [0.15, 0.2) is 9.84 Å². The molecular formula is C18H17N5O2S. The van der Waals surface area contributed by atoms with Crippen LogP contribution in [0, 0.1) is 0 Å². The Morgan fingerprint density at radius 1 is 1.08 bits per heavy atom. The van der Waals surface area contributed by atoms with Gasteiger partial charge in [0, 0.05) is 24.1 Å². The topological polar surface area (TPSA) is 89.8 Å². The molecule has 4 rings (SSSR count). The van der Waals surface area contributed by atoms with Gasteiger partial charge in [-0.1, -0.05) is 18.2 Å². The summed E-state index contributed by atoms with van der Waals surface area (Å²) in [4.78, 5) is 8.73. The molecule has 7 nitrogen and oxygen atoms in total. The molecule has 0 saturated heterocycles. The highest BCUT2D eigenvalue weighted by Gasteiger charge is 2.12. The molecule has 4 aromatic rings. The molecule has 0 unspecified atom stereocenters. The molecule has 0 aliphatic carbocycles. The first kappa shape index (κ1) is 16.5. The molecular weight excluding hydrogens is 350 g/mol. The molecule has 0 radical (unpaired) electrons. The summed E-state index contributed by atoms with van der Waals surface area (Å²) in [5, 5.41) is 9.55. The van der Waals surface area contributed by atoms with Crippen LogP contribution in [0.2, 0.25) is 0 Å². The highest BCUT2D eigenvalue weighted by Crippen LogP contribution is 2.24. The van der Waals surface area contributed by atoms with Crippen LogP contribution in [0.15, 0.2) is 53.7 Å². The maximum atomic E-state index is 11.8. The Kier molecular flexibility index (Phi) is 3.84. The van der Waals surface area contributed by atoms with Crippen molar-refractivity contribution in [3.05, 3.63) is 54.5 Å². The summed E-state index contributed by atoms with van der Waals surface area (Å²) in [6.07, 6.45) is 2.65. The molecule has 8 heteroatoms. The van der Waals surface area contributed by atoms with E-state index in [4.69, 9.17) is 0 Å². The second-order valence-corrected chi connectivity index (χ2v) is 8.13. The third-order valence-electron chi connectivity index (χ3n) is 4.29. The van der Waals surface area contributed by atoms with Gasteiger partial charge in [-0.3, -0.25) is 4.68 Å². The number of aromatic nitrogens is 4. The van der Waals surface area contributed by atoms with Crippen LogP contribution in [0.4, 0.5) is 5.82 Å². The lowest BCUT2D eigenvalue weighted by molar-refractivity contribution is 0.602. The number of hydrogen-bond acceptors (Lipinski definition) is 6. The van der Waals surface area contributed by atoms with Crippen LogP contribution in [-0.2, 0) is 23.4 Å². The van der Waals surface area contributed by atoms with Gasteiger partial charge in [0.25, 0.3) is 0 Å². The van der Waals surface area contributed by atoms with Gasteiger partial charge < -0.3 is 5.32 Å². The number of benzene rings is 2. The van der Waals surface area contributed by atoms with Crippen LogP contribution in [0.1, 0.15) is 5.69 Å². The van der Waals surface area contributed by atoms with E-state index in [1.54, 1.807) is 18.2 Å². The largest absolute Gasteiger partial charge is 0.364 e. The van der Waals surface area contributed by atoms with Crippen LogP contribution in [0.3, 0.4) is 0 Å². The van der Waals surface area contributed by atoms with Crippen molar-refractivity contribution in [1.29, 1.82) is 0 Å². The quantitative estimate of drug-likeness (QED) is 0.596. The first-order chi connectivity index (χ1) is 12.4. The number of nitrogens with one attached hydrogen (secondary N) is 1. The predicted octanol–water partition coefficient (Wildman–Crippen LogP) is 2.53. The Labute approximate surface area is 150 Å². The molecule has 0 atom stereocenters. The summed E-state index contributed by atoms with van der Waals surface area (Å²) in [5.41, 5.74) is 2.63. The molecule has 2 heterocycles. The van der Waals surface area contributed by atoms with Crippen molar-refractivity contribution < 1.29 is 8.42 Å². The van der Waals surface area contributed by atoms with Gasteiger partial charge in [-0.15, -0.1) is 0 Å². The molecule has 0 aliphatic heterocycles. The van der Waals surface area contributed by atoms with Gasteiger partial charge in [-0.25, -0.2) is 18.4 Å².